The summed E-state index contributed by atoms with van der Waals surface area (Å²) in [5, 5.41) is 0.733. The van der Waals surface area contributed by atoms with Gasteiger partial charge < -0.3 is 28.3 Å². The van der Waals surface area contributed by atoms with E-state index in [0.29, 0.717) is 5.56 Å². The summed E-state index contributed by atoms with van der Waals surface area (Å²) in [5.41, 5.74) is 0.783. The molecule has 2 aliphatic rings. The molecule has 166 valence electrons. The maximum absolute atomic E-state index is 12.6. The Kier molecular flexibility index (Phi) is 4.95. The molecule has 7 nitrogen and oxygen atoms in total. The molecule has 3 heterocycles. The highest BCUT2D eigenvalue weighted by molar-refractivity contribution is 6.63. The van der Waals surface area contributed by atoms with Gasteiger partial charge in [0.1, 0.15) is 0 Å². The number of H-pyrrole nitrogens is 1. The zero-order valence-electron chi connectivity index (χ0n) is 19.8. The van der Waals surface area contributed by atoms with Crippen LogP contribution in [0.4, 0.5) is 0 Å². The normalized spacial score (nSPS) is 23.5. The van der Waals surface area contributed by atoms with Crippen LogP contribution in [0.15, 0.2) is 18.2 Å². The van der Waals surface area contributed by atoms with E-state index < -0.39 is 42.6 Å². The second-order valence-electron chi connectivity index (χ2n) is 10.4. The van der Waals surface area contributed by atoms with Gasteiger partial charge in [-0.05, 0) is 79.1 Å². The molecule has 0 amide bonds. The van der Waals surface area contributed by atoms with Gasteiger partial charge in [-0.15, -0.1) is 0 Å². The number of methoxy groups -OCH3 is 1. The van der Waals surface area contributed by atoms with Crippen molar-refractivity contribution in [2.24, 2.45) is 0 Å². The van der Waals surface area contributed by atoms with E-state index in [-0.39, 0.29) is 0 Å². The SMILES string of the molecule is COC(=O)c1cc(B2OC(C)(C)C(C)(C)O2)cc2[nH]c(B3OC(C)(C)C(C)(C)O3)cc12. The summed E-state index contributed by atoms with van der Waals surface area (Å²) in [4.78, 5) is 16.0. The van der Waals surface area contributed by atoms with Gasteiger partial charge in [0.25, 0.3) is 0 Å². The Labute approximate surface area is 184 Å². The fraction of sp³-hybridized carbons (Fsp3) is 0.591. The molecule has 31 heavy (non-hydrogen) atoms. The second kappa shape index (κ2) is 6.85. The quantitative estimate of drug-likeness (QED) is 0.600. The molecule has 0 spiro atoms. The van der Waals surface area contributed by atoms with Crippen molar-refractivity contribution in [1.29, 1.82) is 0 Å². The Balaban J connectivity index is 1.78. The Morgan fingerprint density at radius 3 is 1.77 bits per heavy atom. The number of carbonyl (C=O) groups is 1. The molecule has 2 saturated heterocycles. The van der Waals surface area contributed by atoms with Crippen LogP contribution >= 0.6 is 0 Å². The lowest BCUT2D eigenvalue weighted by Crippen LogP contribution is -2.41. The molecule has 1 N–H and O–H groups in total. The Hall–Kier alpha value is -1.80. The van der Waals surface area contributed by atoms with Gasteiger partial charge in [0.2, 0.25) is 0 Å². The van der Waals surface area contributed by atoms with E-state index in [1.54, 1.807) is 6.07 Å². The maximum Gasteiger partial charge on any atom is 0.512 e. The fourth-order valence-electron chi connectivity index (χ4n) is 3.77. The number of benzene rings is 1. The maximum atomic E-state index is 12.6. The molecule has 0 radical (unpaired) electrons. The summed E-state index contributed by atoms with van der Waals surface area (Å²) in [6.07, 6.45) is 0. The first-order chi connectivity index (χ1) is 14.2. The zero-order chi connectivity index (χ0) is 23.0. The molecular formula is C22H31B2NO6. The molecule has 2 aliphatic heterocycles. The lowest BCUT2D eigenvalue weighted by molar-refractivity contribution is 0.00578. The molecule has 1 aromatic carbocycles. The Morgan fingerprint density at radius 2 is 1.29 bits per heavy atom. The number of rotatable bonds is 3. The van der Waals surface area contributed by atoms with Crippen LogP contribution in [-0.2, 0) is 23.4 Å². The molecule has 0 unspecified atom stereocenters. The molecule has 1 aromatic heterocycles. The lowest BCUT2D eigenvalue weighted by Gasteiger charge is -2.32. The molecule has 2 aromatic rings. The molecule has 2 fully saturated rings. The predicted molar refractivity (Wildman–Crippen MR) is 121 cm³/mol. The molecule has 4 rings (SSSR count). The zero-order valence-corrected chi connectivity index (χ0v) is 19.8. The highest BCUT2D eigenvalue weighted by Gasteiger charge is 2.53. The third kappa shape index (κ3) is 3.52. The van der Waals surface area contributed by atoms with Crippen molar-refractivity contribution in [2.45, 2.75) is 77.8 Å². The summed E-state index contributed by atoms with van der Waals surface area (Å²) in [6.45, 7) is 16.0. The van der Waals surface area contributed by atoms with Gasteiger partial charge in [-0.2, -0.15) is 0 Å². The average Bonchev–Trinajstić information content (AvgIpc) is 3.23. The van der Waals surface area contributed by atoms with Crippen LogP contribution in [0, 0.1) is 0 Å². The van der Waals surface area contributed by atoms with Crippen LogP contribution in [0.25, 0.3) is 10.9 Å². The van der Waals surface area contributed by atoms with Crippen molar-refractivity contribution in [2.75, 3.05) is 7.11 Å². The first-order valence-corrected chi connectivity index (χ1v) is 10.6. The second-order valence-corrected chi connectivity index (χ2v) is 10.4. The topological polar surface area (TPSA) is 79.0 Å². The lowest BCUT2D eigenvalue weighted by atomic mass is 9.77. The van der Waals surface area contributed by atoms with Gasteiger partial charge >= 0.3 is 20.2 Å². The van der Waals surface area contributed by atoms with Crippen molar-refractivity contribution in [1.82, 2.24) is 4.98 Å². The molecule has 0 atom stereocenters. The van der Waals surface area contributed by atoms with Crippen LogP contribution in [0.5, 0.6) is 0 Å². The Bertz CT molecular complexity index is 1010. The summed E-state index contributed by atoms with van der Waals surface area (Å²) >= 11 is 0. The van der Waals surface area contributed by atoms with E-state index in [0.717, 1.165) is 22.0 Å². The molecule has 0 bridgehead atoms. The van der Waals surface area contributed by atoms with Gasteiger partial charge in [0, 0.05) is 16.5 Å². The fourth-order valence-corrected chi connectivity index (χ4v) is 3.77. The van der Waals surface area contributed by atoms with Crippen molar-refractivity contribution >= 4 is 42.2 Å². The minimum atomic E-state index is -0.596. The summed E-state index contributed by atoms with van der Waals surface area (Å²) < 4.78 is 29.8. The number of nitrogens with one attached hydrogen (secondary N) is 1. The summed E-state index contributed by atoms with van der Waals surface area (Å²) in [7, 11) is 0.210. The van der Waals surface area contributed by atoms with E-state index in [1.807, 2.05) is 67.5 Å². The number of hydrogen-bond donors (Lipinski definition) is 1. The van der Waals surface area contributed by atoms with Crippen LogP contribution in [0.3, 0.4) is 0 Å². The highest BCUT2D eigenvalue weighted by atomic mass is 16.7. The third-order valence-corrected chi connectivity index (χ3v) is 7.22. The molecule has 0 aliphatic carbocycles. The van der Waals surface area contributed by atoms with Gasteiger partial charge in [-0.25, -0.2) is 4.79 Å². The van der Waals surface area contributed by atoms with Crippen LogP contribution in [-0.4, -0.2) is 54.7 Å². The van der Waals surface area contributed by atoms with Crippen molar-refractivity contribution in [3.8, 4) is 0 Å². The van der Waals surface area contributed by atoms with Crippen molar-refractivity contribution in [3.63, 3.8) is 0 Å². The van der Waals surface area contributed by atoms with E-state index in [1.165, 1.54) is 7.11 Å². The Morgan fingerprint density at radius 1 is 0.806 bits per heavy atom. The van der Waals surface area contributed by atoms with Crippen LogP contribution in [0.2, 0.25) is 0 Å². The summed E-state index contributed by atoms with van der Waals surface area (Å²) in [6, 6.07) is 5.61. The standard InChI is InChI=1S/C22H31B2NO6/c1-19(2)20(3,4)29-23(28-19)13-10-15(18(26)27-9)14-12-17(25-16(14)11-13)24-30-21(5,6)22(7,8)31-24/h10-12,25H,1-9H3. The monoisotopic (exact) mass is 427 g/mol. The van der Waals surface area contributed by atoms with Gasteiger partial charge in [0.05, 0.1) is 35.1 Å². The minimum Gasteiger partial charge on any atom is -0.465 e. The van der Waals surface area contributed by atoms with Crippen LogP contribution < -0.4 is 11.1 Å². The van der Waals surface area contributed by atoms with Crippen molar-refractivity contribution in [3.05, 3.63) is 23.8 Å². The predicted octanol–water partition coefficient (Wildman–Crippen LogP) is 2.55. The smallest absolute Gasteiger partial charge is 0.465 e. The van der Waals surface area contributed by atoms with E-state index in [4.69, 9.17) is 23.4 Å². The molecule has 9 heteroatoms. The van der Waals surface area contributed by atoms with Gasteiger partial charge in [-0.1, -0.05) is 0 Å². The number of carbonyl (C=O) groups excluding carboxylic acids is 1. The third-order valence-electron chi connectivity index (χ3n) is 7.22. The van der Waals surface area contributed by atoms with Gasteiger partial charge in [-0.3, -0.25) is 0 Å². The first-order valence-electron chi connectivity index (χ1n) is 10.6. The number of aromatic nitrogens is 1. The van der Waals surface area contributed by atoms with Crippen molar-refractivity contribution < 1.29 is 28.1 Å². The van der Waals surface area contributed by atoms with E-state index in [9.17, 15) is 4.79 Å². The molecular weight excluding hydrogens is 396 g/mol. The highest BCUT2D eigenvalue weighted by Crippen LogP contribution is 2.38. The first kappa shape index (κ1) is 22.4. The number of hydrogen-bond acceptors (Lipinski definition) is 6. The number of fused-ring (bicyclic) bond motifs is 1. The number of aromatic amines is 1. The van der Waals surface area contributed by atoms with E-state index >= 15 is 0 Å². The summed E-state index contributed by atoms with van der Waals surface area (Å²) in [5.74, 6) is -0.428. The number of ether oxygens (including phenoxy) is 1. The number of esters is 1. The molecule has 0 saturated carbocycles. The van der Waals surface area contributed by atoms with Gasteiger partial charge in [0.15, 0.2) is 0 Å². The van der Waals surface area contributed by atoms with Crippen LogP contribution in [0.1, 0.15) is 65.7 Å². The van der Waals surface area contributed by atoms with E-state index in [2.05, 4.69) is 4.98 Å². The average molecular weight is 427 g/mol. The largest absolute Gasteiger partial charge is 0.512 e. The minimum absolute atomic E-state index is 0.428.